The average molecular weight is 196 g/mol. The Morgan fingerprint density at radius 1 is 1.29 bits per heavy atom. The van der Waals surface area contributed by atoms with Gasteiger partial charge in [-0.2, -0.15) is 0 Å². The van der Waals surface area contributed by atoms with E-state index in [4.69, 9.17) is 15.0 Å². The van der Waals surface area contributed by atoms with Crippen molar-refractivity contribution < 1.29 is 19.8 Å². The van der Waals surface area contributed by atoms with Crippen LogP contribution in [0.2, 0.25) is 0 Å². The van der Waals surface area contributed by atoms with Crippen molar-refractivity contribution in [3.63, 3.8) is 0 Å². The second-order valence-corrected chi connectivity index (χ2v) is 2.48. The first kappa shape index (κ1) is 12.2. The lowest BCUT2D eigenvalue weighted by Gasteiger charge is -1.95. The Labute approximate surface area is 81.8 Å². The fraction of sp³-hybridized carbons (Fsp3) is 0.200. The molecule has 0 aliphatic rings. The van der Waals surface area contributed by atoms with E-state index in [1.165, 1.54) is 0 Å². The minimum atomic E-state index is -0.742. The molecule has 0 aliphatic heterocycles. The minimum Gasteiger partial charge on any atom is -0.483 e. The van der Waals surface area contributed by atoms with Gasteiger partial charge in [0.1, 0.15) is 0 Å². The highest BCUT2D eigenvalue weighted by atomic mass is 16.4. The van der Waals surface area contributed by atoms with Crippen LogP contribution in [0.25, 0.3) is 0 Å². The van der Waals surface area contributed by atoms with Gasteiger partial charge in [-0.1, -0.05) is 30.3 Å². The summed E-state index contributed by atoms with van der Waals surface area (Å²) >= 11 is 0. The van der Waals surface area contributed by atoms with Crippen LogP contribution in [-0.4, -0.2) is 22.7 Å². The van der Waals surface area contributed by atoms with Crippen molar-refractivity contribution in [1.82, 2.24) is 0 Å². The highest BCUT2D eigenvalue weighted by Gasteiger charge is 1.96. The van der Waals surface area contributed by atoms with Gasteiger partial charge in [-0.25, -0.2) is 0 Å². The Bertz CT molecular complexity index is 269. The second kappa shape index (κ2) is 7.79. The SMILES string of the molecule is O=C(O)CCc1ccccc1.O=CO. The summed E-state index contributed by atoms with van der Waals surface area (Å²) in [6, 6.07) is 9.62. The van der Waals surface area contributed by atoms with Gasteiger partial charge in [0.15, 0.2) is 0 Å². The van der Waals surface area contributed by atoms with Crippen molar-refractivity contribution in [2.75, 3.05) is 0 Å². The number of rotatable bonds is 3. The Morgan fingerprint density at radius 3 is 2.21 bits per heavy atom. The van der Waals surface area contributed by atoms with Crippen molar-refractivity contribution in [2.45, 2.75) is 12.8 Å². The Morgan fingerprint density at radius 2 is 1.79 bits per heavy atom. The molecule has 0 bridgehead atoms. The molecule has 0 unspecified atom stereocenters. The first-order valence-electron chi connectivity index (χ1n) is 4.04. The largest absolute Gasteiger partial charge is 0.483 e. The summed E-state index contributed by atoms with van der Waals surface area (Å²) in [5, 5.41) is 15.3. The van der Waals surface area contributed by atoms with Crippen molar-refractivity contribution in [3.8, 4) is 0 Å². The molecule has 1 aromatic carbocycles. The third-order valence-corrected chi connectivity index (χ3v) is 1.47. The number of carboxylic acid groups (broad SMARTS) is 2. The molecule has 1 rings (SSSR count). The van der Waals surface area contributed by atoms with Crippen LogP contribution in [0, 0.1) is 0 Å². The van der Waals surface area contributed by atoms with Crippen LogP contribution < -0.4 is 0 Å². The predicted octanol–water partition coefficient (Wildman–Crippen LogP) is 1.40. The smallest absolute Gasteiger partial charge is 0.303 e. The zero-order valence-corrected chi connectivity index (χ0v) is 7.59. The Hall–Kier alpha value is -1.84. The lowest BCUT2D eigenvalue weighted by atomic mass is 10.1. The normalized spacial score (nSPS) is 8.29. The highest BCUT2D eigenvalue weighted by molar-refractivity contribution is 5.67. The summed E-state index contributed by atoms with van der Waals surface area (Å²) in [7, 11) is 0. The van der Waals surface area contributed by atoms with Gasteiger partial charge in [0.05, 0.1) is 0 Å². The number of hydrogen-bond acceptors (Lipinski definition) is 2. The van der Waals surface area contributed by atoms with E-state index in [1.807, 2.05) is 30.3 Å². The topological polar surface area (TPSA) is 74.6 Å². The van der Waals surface area contributed by atoms with E-state index in [0.717, 1.165) is 5.56 Å². The molecule has 0 heterocycles. The third kappa shape index (κ3) is 6.84. The molecule has 0 amide bonds. The van der Waals surface area contributed by atoms with E-state index >= 15 is 0 Å². The van der Waals surface area contributed by atoms with E-state index in [1.54, 1.807) is 0 Å². The summed E-state index contributed by atoms with van der Waals surface area (Å²) in [5.41, 5.74) is 1.08. The highest BCUT2D eigenvalue weighted by Crippen LogP contribution is 2.01. The molecule has 4 nitrogen and oxygen atoms in total. The lowest BCUT2D eigenvalue weighted by molar-refractivity contribution is -0.137. The molecule has 76 valence electrons. The first-order valence-corrected chi connectivity index (χ1v) is 4.04. The van der Waals surface area contributed by atoms with E-state index in [2.05, 4.69) is 0 Å². The molecular formula is C10H12O4. The van der Waals surface area contributed by atoms with Gasteiger partial charge in [-0.05, 0) is 12.0 Å². The number of aryl methyl sites for hydroxylation is 1. The molecule has 1 aromatic rings. The molecular weight excluding hydrogens is 184 g/mol. The van der Waals surface area contributed by atoms with Crippen molar-refractivity contribution in [2.24, 2.45) is 0 Å². The van der Waals surface area contributed by atoms with Crippen LogP contribution >= 0.6 is 0 Å². The van der Waals surface area contributed by atoms with Gasteiger partial charge in [-0.15, -0.1) is 0 Å². The van der Waals surface area contributed by atoms with E-state index in [9.17, 15) is 4.79 Å². The van der Waals surface area contributed by atoms with Gasteiger partial charge in [0.2, 0.25) is 0 Å². The van der Waals surface area contributed by atoms with Crippen LogP contribution in [0.1, 0.15) is 12.0 Å². The van der Waals surface area contributed by atoms with Crippen LogP contribution in [0.4, 0.5) is 0 Å². The predicted molar refractivity (Wildman–Crippen MR) is 51.1 cm³/mol. The molecule has 0 aliphatic carbocycles. The number of carbonyl (C=O) groups is 2. The number of carboxylic acids is 1. The van der Waals surface area contributed by atoms with Crippen LogP contribution in [0.15, 0.2) is 30.3 Å². The summed E-state index contributed by atoms with van der Waals surface area (Å²) in [4.78, 5) is 18.5. The standard InChI is InChI=1S/C9H10O2.CH2O2/c10-9(11)7-6-8-4-2-1-3-5-8;2-1-3/h1-5H,6-7H2,(H,10,11);1H,(H,2,3). The maximum absolute atomic E-state index is 10.2. The summed E-state index contributed by atoms with van der Waals surface area (Å²) < 4.78 is 0. The lowest BCUT2D eigenvalue weighted by Crippen LogP contribution is -1.96. The zero-order chi connectivity index (χ0) is 10.8. The molecule has 0 atom stereocenters. The van der Waals surface area contributed by atoms with Crippen molar-refractivity contribution in [3.05, 3.63) is 35.9 Å². The number of hydrogen-bond donors (Lipinski definition) is 2. The average Bonchev–Trinajstić information content (AvgIpc) is 2.18. The summed E-state index contributed by atoms with van der Waals surface area (Å²) in [5.74, 6) is -0.742. The third-order valence-electron chi connectivity index (χ3n) is 1.47. The minimum absolute atomic E-state index is 0.212. The number of benzene rings is 1. The molecule has 2 N–H and O–H groups in total. The number of aliphatic carboxylic acids is 1. The summed E-state index contributed by atoms with van der Waals surface area (Å²) in [6.07, 6.45) is 0.834. The quantitative estimate of drug-likeness (QED) is 0.716. The zero-order valence-electron chi connectivity index (χ0n) is 7.59. The molecule has 0 saturated heterocycles. The van der Waals surface area contributed by atoms with Crippen LogP contribution in [-0.2, 0) is 16.0 Å². The van der Waals surface area contributed by atoms with E-state index in [0.29, 0.717) is 6.42 Å². The van der Waals surface area contributed by atoms with Crippen molar-refractivity contribution in [1.29, 1.82) is 0 Å². The second-order valence-electron chi connectivity index (χ2n) is 2.48. The molecule has 14 heavy (non-hydrogen) atoms. The molecule has 0 spiro atoms. The van der Waals surface area contributed by atoms with Gasteiger partial charge in [0, 0.05) is 6.42 Å². The van der Waals surface area contributed by atoms with Crippen LogP contribution in [0.3, 0.4) is 0 Å². The molecule has 4 heteroatoms. The van der Waals surface area contributed by atoms with Crippen molar-refractivity contribution >= 4 is 12.4 Å². The Kier molecular flexibility index (Phi) is 6.77. The summed E-state index contributed by atoms with van der Waals surface area (Å²) in [6.45, 7) is -0.250. The molecule has 0 radical (unpaired) electrons. The van der Waals surface area contributed by atoms with E-state index < -0.39 is 5.97 Å². The monoisotopic (exact) mass is 196 g/mol. The fourth-order valence-electron chi connectivity index (χ4n) is 0.896. The molecule has 0 saturated carbocycles. The van der Waals surface area contributed by atoms with Gasteiger partial charge < -0.3 is 10.2 Å². The van der Waals surface area contributed by atoms with E-state index in [-0.39, 0.29) is 12.9 Å². The molecule has 0 aromatic heterocycles. The molecule has 0 fully saturated rings. The first-order chi connectivity index (χ1) is 6.70. The maximum atomic E-state index is 10.2. The van der Waals surface area contributed by atoms with Gasteiger partial charge in [0.25, 0.3) is 6.47 Å². The van der Waals surface area contributed by atoms with Crippen LogP contribution in [0.5, 0.6) is 0 Å². The fourth-order valence-corrected chi connectivity index (χ4v) is 0.896. The van der Waals surface area contributed by atoms with Gasteiger partial charge in [-0.3, -0.25) is 9.59 Å². The van der Waals surface area contributed by atoms with Gasteiger partial charge >= 0.3 is 5.97 Å². The Balaban J connectivity index is 0.000000500. The maximum Gasteiger partial charge on any atom is 0.303 e.